The molecule has 0 aromatic heterocycles. The summed E-state index contributed by atoms with van der Waals surface area (Å²) >= 11 is 6.44. The van der Waals surface area contributed by atoms with Crippen LogP contribution >= 0.6 is 31.9 Å². The van der Waals surface area contributed by atoms with Crippen molar-refractivity contribution in [2.45, 2.75) is 10.3 Å². The molecule has 0 bridgehead atoms. The third-order valence-corrected chi connectivity index (χ3v) is 3.42. The maximum Gasteiger partial charge on any atom is 0.190 e. The lowest BCUT2D eigenvalue weighted by Gasteiger charge is -2.11. The zero-order valence-electron chi connectivity index (χ0n) is 10.1. The quantitative estimate of drug-likeness (QED) is 0.558. The van der Waals surface area contributed by atoms with E-state index >= 15 is 0 Å². The lowest BCUT2D eigenvalue weighted by molar-refractivity contribution is 0.101. The maximum absolute atomic E-state index is 12.0. The Morgan fingerprint density at radius 2 is 1.63 bits per heavy atom. The van der Waals surface area contributed by atoms with E-state index in [1.807, 2.05) is 42.5 Å². The number of halogens is 2. The van der Waals surface area contributed by atoms with Crippen LogP contribution < -0.4 is 4.74 Å². The lowest BCUT2D eigenvalue weighted by atomic mass is 10.1. The molecular formula is C15H12Br2O2. The standard InChI is InChI=1S/C15H12Br2O2/c16-15(17)14(18)12-8-4-5-9-13(12)19-10-11-6-2-1-3-7-11/h1-9,15H,10H2. The fourth-order valence-electron chi connectivity index (χ4n) is 1.65. The van der Waals surface area contributed by atoms with Crippen LogP contribution in [0.5, 0.6) is 5.75 Å². The Morgan fingerprint density at radius 3 is 2.32 bits per heavy atom. The molecule has 0 N–H and O–H groups in total. The van der Waals surface area contributed by atoms with Gasteiger partial charge in [0.2, 0.25) is 0 Å². The highest BCUT2D eigenvalue weighted by atomic mass is 79.9. The highest BCUT2D eigenvalue weighted by molar-refractivity contribution is 9.25. The first-order valence-corrected chi connectivity index (χ1v) is 7.59. The summed E-state index contributed by atoms with van der Waals surface area (Å²) in [4.78, 5) is 12.0. The predicted molar refractivity (Wildman–Crippen MR) is 83.2 cm³/mol. The van der Waals surface area contributed by atoms with Crippen molar-refractivity contribution in [3.63, 3.8) is 0 Å². The monoisotopic (exact) mass is 382 g/mol. The van der Waals surface area contributed by atoms with Gasteiger partial charge in [-0.2, -0.15) is 0 Å². The Labute approximate surface area is 129 Å². The molecule has 0 unspecified atom stereocenters. The van der Waals surface area contributed by atoms with E-state index in [9.17, 15) is 4.79 Å². The number of carbonyl (C=O) groups excluding carboxylic acids is 1. The molecule has 0 aliphatic heterocycles. The van der Waals surface area contributed by atoms with Crippen molar-refractivity contribution in [3.8, 4) is 5.75 Å². The van der Waals surface area contributed by atoms with E-state index in [0.29, 0.717) is 17.9 Å². The van der Waals surface area contributed by atoms with Crippen LogP contribution in [0.15, 0.2) is 54.6 Å². The Hall–Kier alpha value is -1.13. The van der Waals surface area contributed by atoms with Gasteiger partial charge in [-0.05, 0) is 17.7 Å². The lowest BCUT2D eigenvalue weighted by Crippen LogP contribution is -2.09. The Kier molecular flexibility index (Phi) is 5.16. The smallest absolute Gasteiger partial charge is 0.190 e. The number of ether oxygens (including phenoxy) is 1. The van der Waals surface area contributed by atoms with Gasteiger partial charge in [0.15, 0.2) is 5.78 Å². The molecule has 2 nitrogen and oxygen atoms in total. The molecule has 2 rings (SSSR count). The summed E-state index contributed by atoms with van der Waals surface area (Å²) < 4.78 is 5.33. The van der Waals surface area contributed by atoms with E-state index in [1.165, 1.54) is 0 Å². The molecule has 19 heavy (non-hydrogen) atoms. The summed E-state index contributed by atoms with van der Waals surface area (Å²) in [5.41, 5.74) is 1.64. The highest BCUT2D eigenvalue weighted by Crippen LogP contribution is 2.24. The van der Waals surface area contributed by atoms with Crippen LogP contribution in [0.3, 0.4) is 0 Å². The fourth-order valence-corrected chi connectivity index (χ4v) is 2.14. The van der Waals surface area contributed by atoms with Gasteiger partial charge in [0.05, 0.1) is 5.56 Å². The van der Waals surface area contributed by atoms with Crippen LogP contribution in [0.25, 0.3) is 0 Å². The number of Topliss-reactive ketones (excluding diaryl/α,β-unsaturated/α-hetero) is 1. The van der Waals surface area contributed by atoms with E-state index in [0.717, 1.165) is 5.56 Å². The third-order valence-electron chi connectivity index (χ3n) is 2.59. The third kappa shape index (κ3) is 3.91. The van der Waals surface area contributed by atoms with Gasteiger partial charge in [-0.25, -0.2) is 0 Å². The summed E-state index contributed by atoms with van der Waals surface area (Å²) in [6.07, 6.45) is 0. The number of alkyl halides is 2. The molecule has 2 aromatic carbocycles. The van der Waals surface area contributed by atoms with E-state index in [-0.39, 0.29) is 5.78 Å². The highest BCUT2D eigenvalue weighted by Gasteiger charge is 2.17. The number of ketones is 1. The first-order chi connectivity index (χ1) is 9.18. The molecule has 0 saturated heterocycles. The average Bonchev–Trinajstić information content (AvgIpc) is 2.45. The number of carbonyl (C=O) groups is 1. The molecule has 0 aliphatic rings. The summed E-state index contributed by atoms with van der Waals surface area (Å²) in [5, 5.41) is 0. The summed E-state index contributed by atoms with van der Waals surface area (Å²) in [5.74, 6) is 0.545. The molecule has 4 heteroatoms. The normalized spacial score (nSPS) is 10.5. The second-order valence-electron chi connectivity index (χ2n) is 3.94. The van der Waals surface area contributed by atoms with E-state index < -0.39 is 3.74 Å². The minimum atomic E-state index is -0.401. The van der Waals surface area contributed by atoms with Gasteiger partial charge in [0, 0.05) is 0 Å². The van der Waals surface area contributed by atoms with E-state index in [1.54, 1.807) is 12.1 Å². The molecule has 2 aromatic rings. The summed E-state index contributed by atoms with van der Waals surface area (Å²) in [7, 11) is 0. The fraction of sp³-hybridized carbons (Fsp3) is 0.133. The molecule has 0 amide bonds. The van der Waals surface area contributed by atoms with Crippen molar-refractivity contribution in [1.29, 1.82) is 0 Å². The topological polar surface area (TPSA) is 26.3 Å². The van der Waals surface area contributed by atoms with Crippen molar-refractivity contribution in [3.05, 3.63) is 65.7 Å². The van der Waals surface area contributed by atoms with Crippen molar-refractivity contribution in [2.75, 3.05) is 0 Å². The van der Waals surface area contributed by atoms with Gasteiger partial charge < -0.3 is 4.74 Å². The zero-order chi connectivity index (χ0) is 13.7. The van der Waals surface area contributed by atoms with Crippen LogP contribution in [0, 0.1) is 0 Å². The largest absolute Gasteiger partial charge is 0.488 e. The predicted octanol–water partition coefficient (Wildman–Crippen LogP) is 4.56. The van der Waals surface area contributed by atoms with E-state index in [2.05, 4.69) is 31.9 Å². The molecule has 98 valence electrons. The maximum atomic E-state index is 12.0. The first-order valence-electron chi connectivity index (χ1n) is 5.76. The molecule has 0 atom stereocenters. The Balaban J connectivity index is 2.14. The van der Waals surface area contributed by atoms with Crippen LogP contribution in [0.2, 0.25) is 0 Å². The van der Waals surface area contributed by atoms with Crippen molar-refractivity contribution >= 4 is 37.6 Å². The van der Waals surface area contributed by atoms with Gasteiger partial charge in [0.1, 0.15) is 16.1 Å². The number of rotatable bonds is 5. The second kappa shape index (κ2) is 6.87. The van der Waals surface area contributed by atoms with Gasteiger partial charge in [-0.1, -0.05) is 74.3 Å². The minimum absolute atomic E-state index is 0.0522. The summed E-state index contributed by atoms with van der Waals surface area (Å²) in [6.45, 7) is 0.445. The van der Waals surface area contributed by atoms with Gasteiger partial charge in [-0.15, -0.1) is 0 Å². The second-order valence-corrected chi connectivity index (χ2v) is 7.00. The molecule has 0 fully saturated rings. The van der Waals surface area contributed by atoms with Gasteiger partial charge in [0.25, 0.3) is 0 Å². The SMILES string of the molecule is O=C(c1ccccc1OCc1ccccc1)C(Br)Br. The van der Waals surface area contributed by atoms with Crippen molar-refractivity contribution in [1.82, 2.24) is 0 Å². The Morgan fingerprint density at radius 1 is 1.00 bits per heavy atom. The number of benzene rings is 2. The minimum Gasteiger partial charge on any atom is -0.488 e. The molecule has 0 radical (unpaired) electrons. The molecule has 0 spiro atoms. The van der Waals surface area contributed by atoms with Crippen molar-refractivity contribution in [2.24, 2.45) is 0 Å². The molecule has 0 saturated carbocycles. The van der Waals surface area contributed by atoms with Crippen LogP contribution in [-0.4, -0.2) is 9.52 Å². The average molecular weight is 384 g/mol. The molecule has 0 aliphatic carbocycles. The van der Waals surface area contributed by atoms with Crippen molar-refractivity contribution < 1.29 is 9.53 Å². The number of hydrogen-bond donors (Lipinski definition) is 0. The Bertz CT molecular complexity index is 553. The van der Waals surface area contributed by atoms with Crippen LogP contribution in [-0.2, 0) is 6.61 Å². The van der Waals surface area contributed by atoms with Crippen LogP contribution in [0.4, 0.5) is 0 Å². The number of hydrogen-bond acceptors (Lipinski definition) is 2. The van der Waals surface area contributed by atoms with Gasteiger partial charge >= 0.3 is 0 Å². The van der Waals surface area contributed by atoms with E-state index in [4.69, 9.17) is 4.74 Å². The van der Waals surface area contributed by atoms with Crippen LogP contribution in [0.1, 0.15) is 15.9 Å². The first kappa shape index (κ1) is 14.3. The zero-order valence-corrected chi connectivity index (χ0v) is 13.2. The molecule has 0 heterocycles. The summed E-state index contributed by atoms with van der Waals surface area (Å²) in [6, 6.07) is 17.1. The number of para-hydroxylation sites is 1. The van der Waals surface area contributed by atoms with Gasteiger partial charge in [-0.3, -0.25) is 4.79 Å². The molecular weight excluding hydrogens is 372 g/mol.